The van der Waals surface area contributed by atoms with Crippen molar-refractivity contribution in [2.75, 3.05) is 13.1 Å². The lowest BCUT2D eigenvalue weighted by Crippen LogP contribution is -2.55. The molecule has 0 bridgehead atoms. The minimum atomic E-state index is -0.801. The summed E-state index contributed by atoms with van der Waals surface area (Å²) in [4.78, 5) is 14.4. The maximum atomic E-state index is 12.6. The molecule has 1 saturated carbocycles. The van der Waals surface area contributed by atoms with Gasteiger partial charge in [-0.25, -0.2) is 0 Å². The van der Waals surface area contributed by atoms with Crippen LogP contribution in [0.2, 0.25) is 0 Å². The summed E-state index contributed by atoms with van der Waals surface area (Å²) in [5.41, 5.74) is 4.22. The van der Waals surface area contributed by atoms with Gasteiger partial charge in [-0.1, -0.05) is 11.6 Å². The zero-order chi connectivity index (χ0) is 14.1. The van der Waals surface area contributed by atoms with E-state index in [0.29, 0.717) is 38.8 Å². The Bertz CT molecular complexity index is 389. The van der Waals surface area contributed by atoms with Gasteiger partial charge in [0.1, 0.15) is 5.41 Å². The number of aliphatic hydroxyl groups is 1. The Balaban J connectivity index is 2.11. The number of rotatable bonds is 2. The number of carbonyl (C=O) groups excluding carboxylic acids is 1. The Labute approximate surface area is 113 Å². The van der Waals surface area contributed by atoms with E-state index in [1.165, 1.54) is 0 Å². The molecule has 6 heteroatoms. The van der Waals surface area contributed by atoms with Crippen LogP contribution >= 0.6 is 0 Å². The van der Waals surface area contributed by atoms with E-state index < -0.39 is 11.0 Å². The maximum absolute atomic E-state index is 12.6. The number of oxime groups is 1. The molecule has 19 heavy (non-hydrogen) atoms. The number of hydrogen-bond acceptors (Lipinski definition) is 4. The van der Waals surface area contributed by atoms with E-state index in [1.807, 2.05) is 6.92 Å². The number of amides is 1. The molecule has 2 fully saturated rings. The van der Waals surface area contributed by atoms with Gasteiger partial charge in [-0.15, -0.1) is 0 Å². The molecular formula is C13H23N3O3. The van der Waals surface area contributed by atoms with Crippen molar-refractivity contribution in [3.05, 3.63) is 0 Å². The van der Waals surface area contributed by atoms with Crippen molar-refractivity contribution in [3.8, 4) is 0 Å². The van der Waals surface area contributed by atoms with Crippen LogP contribution in [0.5, 0.6) is 0 Å². The highest BCUT2D eigenvalue weighted by atomic mass is 16.4. The molecule has 1 heterocycles. The summed E-state index contributed by atoms with van der Waals surface area (Å²) in [6, 6.07) is 0. The smallest absolute Gasteiger partial charge is 0.236 e. The molecule has 108 valence electrons. The van der Waals surface area contributed by atoms with Crippen molar-refractivity contribution >= 4 is 11.7 Å². The molecule has 0 aromatic carbocycles. The molecule has 0 spiro atoms. The van der Waals surface area contributed by atoms with Crippen molar-refractivity contribution in [3.63, 3.8) is 0 Å². The summed E-state index contributed by atoms with van der Waals surface area (Å²) in [6.45, 7) is 2.98. The number of nitrogens with zero attached hydrogens (tertiary/aromatic N) is 2. The topological polar surface area (TPSA) is 99.2 Å². The van der Waals surface area contributed by atoms with Gasteiger partial charge in [-0.2, -0.15) is 0 Å². The molecule has 2 aliphatic rings. The van der Waals surface area contributed by atoms with Gasteiger partial charge in [-0.05, 0) is 39.0 Å². The predicted octanol–water partition coefficient (Wildman–Crippen LogP) is 0.667. The molecule has 1 amide bonds. The summed E-state index contributed by atoms with van der Waals surface area (Å²) in [5, 5.41) is 22.0. The molecule has 1 unspecified atom stereocenters. The average molecular weight is 269 g/mol. The van der Waals surface area contributed by atoms with Gasteiger partial charge in [0.15, 0.2) is 5.84 Å². The Morgan fingerprint density at radius 3 is 2.42 bits per heavy atom. The lowest BCUT2D eigenvalue weighted by Gasteiger charge is -2.42. The Morgan fingerprint density at radius 2 is 1.89 bits per heavy atom. The van der Waals surface area contributed by atoms with Crippen LogP contribution in [0.25, 0.3) is 0 Å². The van der Waals surface area contributed by atoms with Gasteiger partial charge in [0.2, 0.25) is 5.91 Å². The third-order valence-corrected chi connectivity index (χ3v) is 4.57. The highest BCUT2D eigenvalue weighted by Crippen LogP contribution is 2.43. The quantitative estimate of drug-likeness (QED) is 0.297. The fourth-order valence-corrected chi connectivity index (χ4v) is 2.97. The number of hydrogen-bond donors (Lipinski definition) is 3. The molecule has 4 N–H and O–H groups in total. The van der Waals surface area contributed by atoms with E-state index in [-0.39, 0.29) is 11.7 Å². The van der Waals surface area contributed by atoms with Crippen LogP contribution < -0.4 is 5.73 Å². The summed E-state index contributed by atoms with van der Waals surface area (Å²) in [7, 11) is 0. The fraction of sp³-hybridized carbons (Fsp3) is 0.846. The molecular weight excluding hydrogens is 246 g/mol. The van der Waals surface area contributed by atoms with Crippen molar-refractivity contribution in [2.24, 2.45) is 16.3 Å². The standard InChI is InChI=1S/C13H23N3O3/c1-12(18)4-3-8-16(9-7-12)11(17)13(5-2-6-13)10(14)15-19/h18-19H,2-9H2,1H3,(H2,14,15). The van der Waals surface area contributed by atoms with E-state index in [9.17, 15) is 9.90 Å². The second-order valence-corrected chi connectivity index (χ2v) is 6.06. The van der Waals surface area contributed by atoms with E-state index in [2.05, 4.69) is 5.16 Å². The van der Waals surface area contributed by atoms with Crippen LogP contribution in [0.1, 0.15) is 45.4 Å². The van der Waals surface area contributed by atoms with Gasteiger partial charge in [-0.3, -0.25) is 4.79 Å². The van der Waals surface area contributed by atoms with Crippen LogP contribution in [-0.2, 0) is 4.79 Å². The zero-order valence-electron chi connectivity index (χ0n) is 11.4. The van der Waals surface area contributed by atoms with Gasteiger partial charge in [0.25, 0.3) is 0 Å². The summed E-state index contributed by atoms with van der Waals surface area (Å²) >= 11 is 0. The first-order chi connectivity index (χ1) is 8.91. The second-order valence-electron chi connectivity index (χ2n) is 6.06. The first-order valence-electron chi connectivity index (χ1n) is 6.91. The van der Waals surface area contributed by atoms with E-state index >= 15 is 0 Å². The van der Waals surface area contributed by atoms with Gasteiger partial charge in [0.05, 0.1) is 5.60 Å². The van der Waals surface area contributed by atoms with Crippen LogP contribution in [0.15, 0.2) is 5.16 Å². The molecule has 0 aromatic heterocycles. The lowest BCUT2D eigenvalue weighted by molar-refractivity contribution is -0.142. The summed E-state index contributed by atoms with van der Waals surface area (Å²) < 4.78 is 0. The minimum Gasteiger partial charge on any atom is -0.409 e. The van der Waals surface area contributed by atoms with Gasteiger partial charge >= 0.3 is 0 Å². The Morgan fingerprint density at radius 1 is 1.21 bits per heavy atom. The lowest BCUT2D eigenvalue weighted by atomic mass is 9.66. The third-order valence-electron chi connectivity index (χ3n) is 4.57. The van der Waals surface area contributed by atoms with E-state index in [4.69, 9.17) is 10.9 Å². The van der Waals surface area contributed by atoms with Crippen LogP contribution in [-0.4, -0.2) is 45.6 Å². The van der Waals surface area contributed by atoms with E-state index in [0.717, 1.165) is 12.8 Å². The second kappa shape index (κ2) is 5.00. The largest absolute Gasteiger partial charge is 0.409 e. The van der Waals surface area contributed by atoms with Gasteiger partial charge < -0.3 is 20.9 Å². The average Bonchev–Trinajstić information content (AvgIpc) is 2.48. The molecule has 1 aliphatic heterocycles. The Kier molecular flexibility index (Phi) is 3.71. The van der Waals surface area contributed by atoms with Crippen molar-refractivity contribution < 1.29 is 15.1 Å². The zero-order valence-corrected chi connectivity index (χ0v) is 11.4. The molecule has 2 rings (SSSR count). The minimum absolute atomic E-state index is 0.0276. The van der Waals surface area contributed by atoms with Crippen molar-refractivity contribution in [2.45, 2.75) is 51.0 Å². The highest BCUT2D eigenvalue weighted by molar-refractivity contribution is 6.07. The number of amidine groups is 1. The molecule has 1 saturated heterocycles. The van der Waals surface area contributed by atoms with E-state index in [1.54, 1.807) is 4.90 Å². The van der Waals surface area contributed by atoms with Crippen LogP contribution in [0.3, 0.4) is 0 Å². The molecule has 1 atom stereocenters. The summed E-state index contributed by atoms with van der Waals surface area (Å²) in [5.74, 6) is -0.0218. The van der Waals surface area contributed by atoms with Crippen LogP contribution in [0.4, 0.5) is 0 Å². The summed E-state index contributed by atoms with van der Waals surface area (Å²) in [6.07, 6.45) is 4.28. The third kappa shape index (κ3) is 2.54. The Hall–Kier alpha value is -1.30. The molecule has 0 radical (unpaired) electrons. The highest BCUT2D eigenvalue weighted by Gasteiger charge is 2.50. The number of nitrogens with two attached hydrogens (primary N) is 1. The predicted molar refractivity (Wildman–Crippen MR) is 70.7 cm³/mol. The first kappa shape index (κ1) is 14.1. The van der Waals surface area contributed by atoms with Crippen molar-refractivity contribution in [1.82, 2.24) is 4.90 Å². The SMILES string of the molecule is CC1(O)CCCN(C(=O)C2(C(N)=NO)CCC2)CC1. The molecule has 0 aromatic rings. The molecule has 1 aliphatic carbocycles. The number of likely N-dealkylation sites (tertiary alicyclic amines) is 1. The number of carbonyl (C=O) groups is 1. The maximum Gasteiger partial charge on any atom is 0.236 e. The first-order valence-corrected chi connectivity index (χ1v) is 6.91. The normalized spacial score (nSPS) is 31.5. The van der Waals surface area contributed by atoms with Gasteiger partial charge in [0, 0.05) is 13.1 Å². The van der Waals surface area contributed by atoms with Crippen molar-refractivity contribution in [1.29, 1.82) is 0 Å². The molecule has 6 nitrogen and oxygen atoms in total. The monoisotopic (exact) mass is 269 g/mol. The fourth-order valence-electron chi connectivity index (χ4n) is 2.97. The van der Waals surface area contributed by atoms with Crippen LogP contribution in [0, 0.1) is 5.41 Å².